The van der Waals surface area contributed by atoms with Crippen LogP contribution >= 0.6 is 27.5 Å². The van der Waals surface area contributed by atoms with Crippen LogP contribution in [0.5, 0.6) is 0 Å². The fourth-order valence-electron chi connectivity index (χ4n) is 1.99. The highest BCUT2D eigenvalue weighted by Crippen LogP contribution is 2.25. The normalized spacial score (nSPS) is 10.5. The van der Waals surface area contributed by atoms with Crippen LogP contribution in [0.15, 0.2) is 53.0 Å². The van der Waals surface area contributed by atoms with E-state index in [1.165, 1.54) is 0 Å². The summed E-state index contributed by atoms with van der Waals surface area (Å²) in [7, 11) is 0. The standard InChI is InChI=1S/C16H12BrN3OS/c1-10-5-7-11(8-6-10)14-15(22-20-19-14)16(21)18-13-4-2-3-12(17)9-13/h2-9H,1H3,(H,18,21). The summed E-state index contributed by atoms with van der Waals surface area (Å²) in [5.74, 6) is -0.205. The van der Waals surface area contributed by atoms with Gasteiger partial charge in [0.15, 0.2) is 0 Å². The molecule has 1 amide bonds. The van der Waals surface area contributed by atoms with Crippen molar-refractivity contribution in [1.29, 1.82) is 0 Å². The lowest BCUT2D eigenvalue weighted by molar-refractivity contribution is 0.103. The number of carbonyl (C=O) groups excluding carboxylic acids is 1. The zero-order chi connectivity index (χ0) is 15.5. The Balaban J connectivity index is 1.88. The molecular formula is C16H12BrN3OS. The van der Waals surface area contributed by atoms with Crippen LogP contribution in [0.1, 0.15) is 15.2 Å². The van der Waals surface area contributed by atoms with Gasteiger partial charge in [-0.2, -0.15) is 0 Å². The Morgan fingerprint density at radius 3 is 2.68 bits per heavy atom. The third kappa shape index (κ3) is 3.23. The van der Waals surface area contributed by atoms with E-state index in [1.807, 2.05) is 55.5 Å². The first kappa shape index (κ1) is 14.9. The van der Waals surface area contributed by atoms with Gasteiger partial charge in [-0.05, 0) is 36.7 Å². The maximum Gasteiger partial charge on any atom is 0.269 e. The second-order valence-corrected chi connectivity index (χ2v) is 6.45. The van der Waals surface area contributed by atoms with Crippen LogP contribution in [0.4, 0.5) is 5.69 Å². The van der Waals surface area contributed by atoms with E-state index in [0.29, 0.717) is 10.6 Å². The third-order valence-electron chi connectivity index (χ3n) is 3.10. The number of benzene rings is 2. The Morgan fingerprint density at radius 2 is 1.95 bits per heavy atom. The van der Waals surface area contributed by atoms with Crippen molar-refractivity contribution in [1.82, 2.24) is 9.59 Å². The number of nitrogens with zero attached hydrogens (tertiary/aromatic N) is 2. The third-order valence-corrected chi connectivity index (χ3v) is 4.32. The first-order chi connectivity index (χ1) is 10.6. The molecule has 6 heteroatoms. The van der Waals surface area contributed by atoms with Crippen molar-refractivity contribution in [2.24, 2.45) is 0 Å². The number of hydrogen-bond acceptors (Lipinski definition) is 4. The van der Waals surface area contributed by atoms with Crippen LogP contribution in [0.25, 0.3) is 11.3 Å². The molecule has 2 aromatic carbocycles. The largest absolute Gasteiger partial charge is 0.321 e. The van der Waals surface area contributed by atoms with Crippen molar-refractivity contribution in [2.45, 2.75) is 6.92 Å². The molecule has 110 valence electrons. The molecule has 4 nitrogen and oxygen atoms in total. The zero-order valence-electron chi connectivity index (χ0n) is 11.7. The molecule has 0 unspecified atom stereocenters. The highest BCUT2D eigenvalue weighted by atomic mass is 79.9. The molecule has 3 aromatic rings. The molecule has 0 atom stereocenters. The molecule has 3 rings (SSSR count). The van der Waals surface area contributed by atoms with Crippen molar-refractivity contribution in [3.05, 3.63) is 63.4 Å². The lowest BCUT2D eigenvalue weighted by atomic mass is 10.1. The van der Waals surface area contributed by atoms with Crippen LogP contribution in [0.2, 0.25) is 0 Å². The van der Waals surface area contributed by atoms with Crippen LogP contribution in [-0.2, 0) is 0 Å². The minimum atomic E-state index is -0.205. The Bertz CT molecular complexity index is 814. The molecule has 0 aliphatic carbocycles. The van der Waals surface area contributed by atoms with Gasteiger partial charge in [0.05, 0.1) is 0 Å². The number of aryl methyl sites for hydroxylation is 1. The van der Waals surface area contributed by atoms with E-state index in [0.717, 1.165) is 32.8 Å². The van der Waals surface area contributed by atoms with E-state index in [-0.39, 0.29) is 5.91 Å². The second kappa shape index (κ2) is 6.37. The van der Waals surface area contributed by atoms with E-state index < -0.39 is 0 Å². The van der Waals surface area contributed by atoms with E-state index in [2.05, 4.69) is 30.8 Å². The van der Waals surface area contributed by atoms with Crippen LogP contribution < -0.4 is 5.32 Å². The molecule has 0 fully saturated rings. The number of aromatic nitrogens is 2. The molecule has 1 aromatic heterocycles. The lowest BCUT2D eigenvalue weighted by Crippen LogP contribution is -2.11. The number of amides is 1. The van der Waals surface area contributed by atoms with Gasteiger partial charge in [-0.1, -0.05) is 56.3 Å². The van der Waals surface area contributed by atoms with E-state index in [9.17, 15) is 4.79 Å². The van der Waals surface area contributed by atoms with Crippen molar-refractivity contribution in [3.63, 3.8) is 0 Å². The molecule has 0 aliphatic heterocycles. The van der Waals surface area contributed by atoms with Crippen molar-refractivity contribution in [2.75, 3.05) is 5.32 Å². The highest BCUT2D eigenvalue weighted by molar-refractivity contribution is 9.10. The summed E-state index contributed by atoms with van der Waals surface area (Å²) in [5.41, 5.74) is 3.38. The first-order valence-electron chi connectivity index (χ1n) is 6.60. The predicted octanol–water partition coefficient (Wildman–Crippen LogP) is 4.53. The number of carbonyl (C=O) groups is 1. The Labute approximate surface area is 140 Å². The van der Waals surface area contributed by atoms with Gasteiger partial charge in [-0.15, -0.1) is 5.10 Å². The van der Waals surface area contributed by atoms with Crippen LogP contribution in [0.3, 0.4) is 0 Å². The number of halogens is 1. The Morgan fingerprint density at radius 1 is 1.18 bits per heavy atom. The molecule has 0 saturated carbocycles. The summed E-state index contributed by atoms with van der Waals surface area (Å²) in [5, 5.41) is 6.96. The van der Waals surface area contributed by atoms with Gasteiger partial charge >= 0.3 is 0 Å². The maximum atomic E-state index is 12.5. The van der Waals surface area contributed by atoms with Gasteiger partial charge < -0.3 is 5.32 Å². The maximum absolute atomic E-state index is 12.5. The topological polar surface area (TPSA) is 54.9 Å². The Kier molecular flexibility index (Phi) is 4.31. The molecule has 0 radical (unpaired) electrons. The summed E-state index contributed by atoms with van der Waals surface area (Å²) in [4.78, 5) is 13.0. The van der Waals surface area contributed by atoms with Gasteiger partial charge in [0, 0.05) is 15.7 Å². The zero-order valence-corrected chi connectivity index (χ0v) is 14.1. The summed E-state index contributed by atoms with van der Waals surface area (Å²) in [6.07, 6.45) is 0. The summed E-state index contributed by atoms with van der Waals surface area (Å²) in [6, 6.07) is 15.3. The average molecular weight is 374 g/mol. The average Bonchev–Trinajstić information content (AvgIpc) is 2.97. The summed E-state index contributed by atoms with van der Waals surface area (Å²) >= 11 is 4.48. The smallest absolute Gasteiger partial charge is 0.269 e. The van der Waals surface area contributed by atoms with Gasteiger partial charge in [-0.3, -0.25) is 4.79 Å². The number of hydrogen-bond donors (Lipinski definition) is 1. The monoisotopic (exact) mass is 373 g/mol. The highest BCUT2D eigenvalue weighted by Gasteiger charge is 2.18. The summed E-state index contributed by atoms with van der Waals surface area (Å²) in [6.45, 7) is 2.02. The van der Waals surface area contributed by atoms with E-state index >= 15 is 0 Å². The minimum absolute atomic E-state index is 0.205. The van der Waals surface area contributed by atoms with Gasteiger partial charge in [0.1, 0.15) is 10.6 Å². The molecular weight excluding hydrogens is 362 g/mol. The fraction of sp³-hybridized carbons (Fsp3) is 0.0625. The first-order valence-corrected chi connectivity index (χ1v) is 8.16. The van der Waals surface area contributed by atoms with Gasteiger partial charge in [-0.25, -0.2) is 0 Å². The summed E-state index contributed by atoms with van der Waals surface area (Å²) < 4.78 is 4.83. The quantitative estimate of drug-likeness (QED) is 0.733. The molecule has 0 saturated heterocycles. The molecule has 0 spiro atoms. The Hall–Kier alpha value is -2.05. The number of rotatable bonds is 3. The van der Waals surface area contributed by atoms with Crippen LogP contribution in [-0.4, -0.2) is 15.5 Å². The van der Waals surface area contributed by atoms with Gasteiger partial charge in [0.2, 0.25) is 0 Å². The van der Waals surface area contributed by atoms with E-state index in [4.69, 9.17) is 0 Å². The molecule has 1 N–H and O–H groups in total. The molecule has 1 heterocycles. The minimum Gasteiger partial charge on any atom is -0.321 e. The van der Waals surface area contributed by atoms with Crippen molar-refractivity contribution < 1.29 is 4.79 Å². The lowest BCUT2D eigenvalue weighted by Gasteiger charge is -2.05. The second-order valence-electron chi connectivity index (χ2n) is 4.78. The van der Waals surface area contributed by atoms with E-state index in [1.54, 1.807) is 0 Å². The fourth-order valence-corrected chi connectivity index (χ4v) is 2.98. The van der Waals surface area contributed by atoms with Crippen molar-refractivity contribution in [3.8, 4) is 11.3 Å². The van der Waals surface area contributed by atoms with Gasteiger partial charge in [0.25, 0.3) is 5.91 Å². The van der Waals surface area contributed by atoms with Crippen molar-refractivity contribution >= 4 is 39.1 Å². The molecule has 22 heavy (non-hydrogen) atoms. The molecule has 0 bridgehead atoms. The number of nitrogens with one attached hydrogen (secondary N) is 1. The predicted molar refractivity (Wildman–Crippen MR) is 92.2 cm³/mol. The van der Waals surface area contributed by atoms with Crippen LogP contribution in [0, 0.1) is 6.92 Å². The SMILES string of the molecule is Cc1ccc(-c2nnsc2C(=O)Nc2cccc(Br)c2)cc1. The molecule has 0 aliphatic rings. The number of anilines is 1.